The lowest BCUT2D eigenvalue weighted by molar-refractivity contribution is -0.247. The molecule has 2 nitrogen and oxygen atoms in total. The van der Waals surface area contributed by atoms with Gasteiger partial charge in [0.05, 0.1) is 0 Å². The van der Waals surface area contributed by atoms with Crippen LogP contribution in [0.15, 0.2) is 0 Å². The van der Waals surface area contributed by atoms with Crippen LogP contribution in [0.5, 0.6) is 0 Å². The van der Waals surface area contributed by atoms with Gasteiger partial charge in [-0.2, -0.15) is 0 Å². The van der Waals surface area contributed by atoms with Crippen LogP contribution < -0.4 is 5.32 Å². The van der Waals surface area contributed by atoms with Gasteiger partial charge in [-0.1, -0.05) is 13.8 Å². The summed E-state index contributed by atoms with van der Waals surface area (Å²) in [6.07, 6.45) is -1.13. The molecule has 0 aromatic heterocycles. The highest BCUT2D eigenvalue weighted by molar-refractivity contribution is 5.01. The van der Waals surface area contributed by atoms with Gasteiger partial charge >= 0.3 is 0 Å². The molecular formula is C10H17F2NO. The summed E-state index contributed by atoms with van der Waals surface area (Å²) >= 11 is 0. The molecule has 2 fully saturated rings. The first-order valence-electron chi connectivity index (χ1n) is 5.14. The van der Waals surface area contributed by atoms with Crippen LogP contribution in [0, 0.1) is 5.41 Å². The summed E-state index contributed by atoms with van der Waals surface area (Å²) in [7, 11) is 0. The second-order valence-corrected chi connectivity index (χ2v) is 5.22. The van der Waals surface area contributed by atoms with Crippen molar-refractivity contribution in [2.75, 3.05) is 6.54 Å². The van der Waals surface area contributed by atoms with Crippen molar-refractivity contribution in [3.05, 3.63) is 0 Å². The molecule has 0 amide bonds. The molecule has 1 aliphatic heterocycles. The van der Waals surface area contributed by atoms with Gasteiger partial charge in [0.25, 0.3) is 6.43 Å². The number of halogens is 2. The molecular weight excluding hydrogens is 188 g/mol. The maximum atomic E-state index is 12.5. The normalized spacial score (nSPS) is 34.5. The minimum atomic E-state index is -2.35. The van der Waals surface area contributed by atoms with Crippen molar-refractivity contribution in [1.29, 1.82) is 0 Å². The summed E-state index contributed by atoms with van der Waals surface area (Å²) in [5.74, 6) is 0. The number of alkyl halides is 2. The van der Waals surface area contributed by atoms with Gasteiger partial charge in [-0.15, -0.1) is 0 Å². The first-order valence-corrected chi connectivity index (χ1v) is 5.14. The van der Waals surface area contributed by atoms with E-state index in [2.05, 4.69) is 19.2 Å². The molecule has 1 aliphatic carbocycles. The maximum absolute atomic E-state index is 12.5. The Balaban J connectivity index is 1.96. The van der Waals surface area contributed by atoms with Crippen LogP contribution in [0.4, 0.5) is 8.78 Å². The van der Waals surface area contributed by atoms with Crippen LogP contribution in [-0.2, 0) is 4.74 Å². The molecule has 1 N–H and O–H groups in total. The van der Waals surface area contributed by atoms with E-state index < -0.39 is 18.3 Å². The lowest BCUT2D eigenvalue weighted by atomic mass is 9.65. The van der Waals surface area contributed by atoms with E-state index in [0.717, 1.165) is 12.8 Å². The van der Waals surface area contributed by atoms with Crippen molar-refractivity contribution in [1.82, 2.24) is 5.32 Å². The van der Waals surface area contributed by atoms with Crippen LogP contribution in [0.1, 0.15) is 33.1 Å². The van der Waals surface area contributed by atoms with Gasteiger partial charge in [-0.3, -0.25) is 5.32 Å². The van der Waals surface area contributed by atoms with Crippen LogP contribution in [0.2, 0.25) is 0 Å². The summed E-state index contributed by atoms with van der Waals surface area (Å²) < 4.78 is 30.4. The third-order valence-electron chi connectivity index (χ3n) is 3.06. The molecule has 0 radical (unpaired) electrons. The third kappa shape index (κ3) is 1.77. The third-order valence-corrected chi connectivity index (χ3v) is 3.06. The van der Waals surface area contributed by atoms with E-state index in [4.69, 9.17) is 4.74 Å². The van der Waals surface area contributed by atoms with Gasteiger partial charge in [0.2, 0.25) is 0 Å². The summed E-state index contributed by atoms with van der Waals surface area (Å²) in [4.78, 5) is 0. The fraction of sp³-hybridized carbons (Fsp3) is 1.00. The largest absolute Gasteiger partial charge is 0.351 e. The van der Waals surface area contributed by atoms with Gasteiger partial charge < -0.3 is 4.74 Å². The van der Waals surface area contributed by atoms with E-state index in [1.54, 1.807) is 0 Å². The quantitative estimate of drug-likeness (QED) is 0.708. The number of rotatable bonds is 1. The lowest BCUT2D eigenvalue weighted by Gasteiger charge is -2.56. The minimum Gasteiger partial charge on any atom is -0.351 e. The van der Waals surface area contributed by atoms with Crippen LogP contribution in [0.25, 0.3) is 0 Å². The number of ether oxygens (including phenoxy) is 1. The molecule has 14 heavy (non-hydrogen) atoms. The molecule has 2 rings (SSSR count). The molecule has 1 heterocycles. The molecule has 4 heteroatoms. The Bertz CT molecular complexity index is 222. The van der Waals surface area contributed by atoms with E-state index >= 15 is 0 Å². The molecule has 1 saturated carbocycles. The minimum absolute atomic E-state index is 0.233. The Morgan fingerprint density at radius 1 is 1.36 bits per heavy atom. The Morgan fingerprint density at radius 3 is 2.50 bits per heavy atom. The zero-order valence-corrected chi connectivity index (χ0v) is 8.65. The van der Waals surface area contributed by atoms with Gasteiger partial charge in [0.15, 0.2) is 0 Å². The standard InChI is InChI=1S/C10H17F2NO/c1-9(2)5-10(6-9)13-4-3-7(14-10)8(11)12/h7-8,13H,3-6H2,1-2H3. The highest BCUT2D eigenvalue weighted by atomic mass is 19.3. The Labute approximate surface area is 83.0 Å². The van der Waals surface area contributed by atoms with E-state index in [1.165, 1.54) is 0 Å². The Hall–Kier alpha value is -0.220. The zero-order chi connectivity index (χ0) is 10.4. The number of hydrogen-bond acceptors (Lipinski definition) is 2. The fourth-order valence-corrected chi connectivity index (χ4v) is 2.71. The average molecular weight is 205 g/mol. The molecule has 82 valence electrons. The first kappa shape index (κ1) is 10.3. The highest BCUT2D eigenvalue weighted by Crippen LogP contribution is 2.50. The van der Waals surface area contributed by atoms with E-state index in [0.29, 0.717) is 13.0 Å². The van der Waals surface area contributed by atoms with E-state index in [-0.39, 0.29) is 5.41 Å². The monoisotopic (exact) mass is 205 g/mol. The second kappa shape index (κ2) is 3.14. The topological polar surface area (TPSA) is 21.3 Å². The smallest absolute Gasteiger partial charge is 0.264 e. The SMILES string of the molecule is CC1(C)CC2(C1)NCCC(C(F)F)O2. The molecule has 0 aromatic rings. The fourth-order valence-electron chi connectivity index (χ4n) is 2.71. The van der Waals surface area contributed by atoms with Crippen molar-refractivity contribution in [3.63, 3.8) is 0 Å². The lowest BCUT2D eigenvalue weighted by Crippen LogP contribution is -2.65. The summed E-state index contributed by atoms with van der Waals surface area (Å²) in [5.41, 5.74) is -0.208. The summed E-state index contributed by atoms with van der Waals surface area (Å²) in [6.45, 7) is 4.91. The molecule has 0 bridgehead atoms. The van der Waals surface area contributed by atoms with Gasteiger partial charge in [0, 0.05) is 6.54 Å². The summed E-state index contributed by atoms with van der Waals surface area (Å²) in [6, 6.07) is 0. The van der Waals surface area contributed by atoms with Gasteiger partial charge in [-0.25, -0.2) is 8.78 Å². The Morgan fingerprint density at radius 2 is 2.00 bits per heavy atom. The predicted octanol–water partition coefficient (Wildman–Crippen LogP) is 2.15. The van der Waals surface area contributed by atoms with Crippen molar-refractivity contribution in [2.24, 2.45) is 5.41 Å². The predicted molar refractivity (Wildman–Crippen MR) is 49.2 cm³/mol. The zero-order valence-electron chi connectivity index (χ0n) is 8.65. The van der Waals surface area contributed by atoms with Crippen LogP contribution in [-0.4, -0.2) is 24.8 Å². The molecule has 1 spiro atoms. The number of hydrogen-bond donors (Lipinski definition) is 1. The van der Waals surface area contributed by atoms with Gasteiger partial charge in [0.1, 0.15) is 11.8 Å². The molecule has 2 aliphatic rings. The average Bonchev–Trinajstić information content (AvgIpc) is 2.00. The summed E-state index contributed by atoms with van der Waals surface area (Å²) in [5, 5.41) is 3.22. The Kier molecular flexibility index (Phi) is 2.31. The second-order valence-electron chi connectivity index (χ2n) is 5.22. The first-order chi connectivity index (χ1) is 6.43. The highest BCUT2D eigenvalue weighted by Gasteiger charge is 2.53. The van der Waals surface area contributed by atoms with Crippen molar-refractivity contribution < 1.29 is 13.5 Å². The van der Waals surface area contributed by atoms with E-state index in [1.807, 2.05) is 0 Å². The molecule has 1 unspecified atom stereocenters. The molecule has 1 atom stereocenters. The van der Waals surface area contributed by atoms with Crippen LogP contribution >= 0.6 is 0 Å². The molecule has 1 saturated heterocycles. The van der Waals surface area contributed by atoms with Crippen molar-refractivity contribution in [2.45, 2.75) is 51.4 Å². The maximum Gasteiger partial charge on any atom is 0.264 e. The number of nitrogens with one attached hydrogen (secondary N) is 1. The van der Waals surface area contributed by atoms with Gasteiger partial charge in [-0.05, 0) is 24.7 Å². The molecule has 0 aromatic carbocycles. The van der Waals surface area contributed by atoms with Crippen molar-refractivity contribution in [3.8, 4) is 0 Å². The van der Waals surface area contributed by atoms with Crippen molar-refractivity contribution >= 4 is 0 Å². The van der Waals surface area contributed by atoms with Crippen LogP contribution in [0.3, 0.4) is 0 Å². The van der Waals surface area contributed by atoms with E-state index in [9.17, 15) is 8.78 Å².